The first kappa shape index (κ1) is 10.9. The Morgan fingerprint density at radius 3 is 2.69 bits per heavy atom. The largest absolute Gasteiger partial charge is 0.384 e. The van der Waals surface area contributed by atoms with Gasteiger partial charge in [-0.15, -0.1) is 0 Å². The summed E-state index contributed by atoms with van der Waals surface area (Å²) in [6.45, 7) is 1.92. The standard InChI is InChI=1S/C12H10ClFN2/c1-7-4-12(15)16-6-9(7)8-2-3-11(14)10(13)5-8/h2-6H,1H3,(H2,15,16). The van der Waals surface area contributed by atoms with Crippen molar-refractivity contribution >= 4 is 17.4 Å². The summed E-state index contributed by atoms with van der Waals surface area (Å²) < 4.78 is 13.0. The average Bonchev–Trinajstić information content (AvgIpc) is 2.22. The van der Waals surface area contributed by atoms with Crippen LogP contribution in [-0.2, 0) is 0 Å². The third-order valence-corrected chi connectivity index (χ3v) is 2.65. The molecule has 0 fully saturated rings. The number of pyridine rings is 1. The van der Waals surface area contributed by atoms with E-state index in [-0.39, 0.29) is 5.02 Å². The maximum Gasteiger partial charge on any atom is 0.141 e. The van der Waals surface area contributed by atoms with Gasteiger partial charge in [0.2, 0.25) is 0 Å². The maximum atomic E-state index is 13.0. The first-order valence-electron chi connectivity index (χ1n) is 4.75. The van der Waals surface area contributed by atoms with Crippen LogP contribution >= 0.6 is 11.6 Å². The zero-order chi connectivity index (χ0) is 11.7. The van der Waals surface area contributed by atoms with E-state index >= 15 is 0 Å². The smallest absolute Gasteiger partial charge is 0.141 e. The Hall–Kier alpha value is -1.61. The van der Waals surface area contributed by atoms with E-state index in [2.05, 4.69) is 4.98 Å². The Bertz CT molecular complexity index is 541. The van der Waals surface area contributed by atoms with Crippen LogP contribution in [0.25, 0.3) is 11.1 Å². The van der Waals surface area contributed by atoms with E-state index in [1.165, 1.54) is 6.07 Å². The van der Waals surface area contributed by atoms with Gasteiger partial charge in [0, 0.05) is 11.8 Å². The topological polar surface area (TPSA) is 38.9 Å². The lowest BCUT2D eigenvalue weighted by atomic mass is 10.0. The van der Waals surface area contributed by atoms with E-state index in [0.717, 1.165) is 16.7 Å². The highest BCUT2D eigenvalue weighted by Crippen LogP contribution is 2.27. The number of hydrogen-bond acceptors (Lipinski definition) is 2. The summed E-state index contributed by atoms with van der Waals surface area (Å²) in [5.74, 6) is 0.0425. The van der Waals surface area contributed by atoms with E-state index in [1.54, 1.807) is 24.4 Å². The predicted molar refractivity (Wildman–Crippen MR) is 63.8 cm³/mol. The molecule has 0 aliphatic heterocycles. The van der Waals surface area contributed by atoms with Crippen molar-refractivity contribution in [2.24, 2.45) is 0 Å². The molecule has 2 nitrogen and oxygen atoms in total. The van der Waals surface area contributed by atoms with Crippen molar-refractivity contribution in [2.75, 3.05) is 5.73 Å². The molecule has 1 aromatic carbocycles. The van der Waals surface area contributed by atoms with Gasteiger partial charge in [0.1, 0.15) is 11.6 Å². The fraction of sp³-hybridized carbons (Fsp3) is 0.0833. The fourth-order valence-electron chi connectivity index (χ4n) is 1.54. The minimum atomic E-state index is -0.425. The molecule has 0 saturated heterocycles. The van der Waals surface area contributed by atoms with Gasteiger partial charge >= 0.3 is 0 Å². The van der Waals surface area contributed by atoms with Crippen molar-refractivity contribution in [3.8, 4) is 11.1 Å². The Balaban J connectivity index is 2.54. The number of hydrogen-bond donors (Lipinski definition) is 1. The monoisotopic (exact) mass is 236 g/mol. The van der Waals surface area contributed by atoms with Crippen LogP contribution in [0.2, 0.25) is 5.02 Å². The molecule has 16 heavy (non-hydrogen) atoms. The van der Waals surface area contributed by atoms with Gasteiger partial charge in [-0.1, -0.05) is 17.7 Å². The Labute approximate surface area is 97.9 Å². The average molecular weight is 237 g/mol. The summed E-state index contributed by atoms with van der Waals surface area (Å²) in [6.07, 6.45) is 1.66. The summed E-state index contributed by atoms with van der Waals surface area (Å²) in [4.78, 5) is 4.01. The molecule has 2 N–H and O–H groups in total. The summed E-state index contributed by atoms with van der Waals surface area (Å²) in [5.41, 5.74) is 8.27. The van der Waals surface area contributed by atoms with Crippen LogP contribution in [0.5, 0.6) is 0 Å². The van der Waals surface area contributed by atoms with Gasteiger partial charge in [-0.05, 0) is 36.2 Å². The maximum absolute atomic E-state index is 13.0. The Kier molecular flexibility index (Phi) is 2.79. The van der Waals surface area contributed by atoms with Gasteiger partial charge in [0.15, 0.2) is 0 Å². The third-order valence-electron chi connectivity index (χ3n) is 2.36. The van der Waals surface area contributed by atoms with Crippen LogP contribution in [-0.4, -0.2) is 4.98 Å². The first-order valence-corrected chi connectivity index (χ1v) is 5.13. The van der Waals surface area contributed by atoms with Gasteiger partial charge in [-0.25, -0.2) is 9.37 Å². The molecule has 0 aliphatic rings. The lowest BCUT2D eigenvalue weighted by Crippen LogP contribution is -1.93. The number of anilines is 1. The van der Waals surface area contributed by atoms with Gasteiger partial charge < -0.3 is 5.73 Å². The molecule has 2 rings (SSSR count). The van der Waals surface area contributed by atoms with Crippen LogP contribution < -0.4 is 5.73 Å². The third kappa shape index (κ3) is 1.99. The number of aromatic nitrogens is 1. The van der Waals surface area contributed by atoms with Gasteiger partial charge in [0.25, 0.3) is 0 Å². The highest BCUT2D eigenvalue weighted by molar-refractivity contribution is 6.31. The van der Waals surface area contributed by atoms with Crippen molar-refractivity contribution in [2.45, 2.75) is 6.92 Å². The number of halogens is 2. The summed E-state index contributed by atoms with van der Waals surface area (Å²) in [5, 5.41) is 0.105. The normalized spacial score (nSPS) is 10.4. The molecule has 0 amide bonds. The van der Waals surface area contributed by atoms with E-state index in [1.807, 2.05) is 6.92 Å². The second kappa shape index (κ2) is 4.10. The summed E-state index contributed by atoms with van der Waals surface area (Å²) >= 11 is 5.73. The molecule has 0 spiro atoms. The van der Waals surface area contributed by atoms with Crippen molar-refractivity contribution < 1.29 is 4.39 Å². The quantitative estimate of drug-likeness (QED) is 0.824. The lowest BCUT2D eigenvalue weighted by Gasteiger charge is -2.06. The van der Waals surface area contributed by atoms with E-state index in [0.29, 0.717) is 5.82 Å². The van der Waals surface area contributed by atoms with Crippen LogP contribution in [0, 0.1) is 12.7 Å². The molecule has 4 heteroatoms. The van der Waals surface area contributed by atoms with Crippen molar-refractivity contribution in [1.82, 2.24) is 4.98 Å². The van der Waals surface area contributed by atoms with Crippen LogP contribution in [0.4, 0.5) is 10.2 Å². The van der Waals surface area contributed by atoms with Crippen molar-refractivity contribution in [3.05, 3.63) is 46.9 Å². The number of nitrogen functional groups attached to an aromatic ring is 1. The molecular formula is C12H10ClFN2. The second-order valence-corrected chi connectivity index (χ2v) is 3.96. The highest BCUT2D eigenvalue weighted by atomic mass is 35.5. The van der Waals surface area contributed by atoms with Gasteiger partial charge in [-0.3, -0.25) is 0 Å². The van der Waals surface area contributed by atoms with Crippen molar-refractivity contribution in [3.63, 3.8) is 0 Å². The Morgan fingerprint density at radius 1 is 1.31 bits per heavy atom. The van der Waals surface area contributed by atoms with E-state index in [4.69, 9.17) is 17.3 Å². The summed E-state index contributed by atoms with van der Waals surface area (Å²) in [6, 6.07) is 6.36. The predicted octanol–water partition coefficient (Wildman–Crippen LogP) is 3.43. The lowest BCUT2D eigenvalue weighted by molar-refractivity contribution is 0.628. The Morgan fingerprint density at radius 2 is 2.06 bits per heavy atom. The zero-order valence-corrected chi connectivity index (χ0v) is 9.42. The first-order chi connectivity index (χ1) is 7.58. The number of rotatable bonds is 1. The van der Waals surface area contributed by atoms with E-state index in [9.17, 15) is 4.39 Å². The zero-order valence-electron chi connectivity index (χ0n) is 8.67. The minimum Gasteiger partial charge on any atom is -0.384 e. The molecular weight excluding hydrogens is 227 g/mol. The molecule has 0 radical (unpaired) electrons. The molecule has 2 aromatic rings. The minimum absolute atomic E-state index is 0.105. The molecule has 0 unspecified atom stereocenters. The van der Waals surface area contributed by atoms with Gasteiger partial charge in [-0.2, -0.15) is 0 Å². The number of aryl methyl sites for hydroxylation is 1. The molecule has 0 atom stereocenters. The van der Waals surface area contributed by atoms with Crippen LogP contribution in [0.3, 0.4) is 0 Å². The van der Waals surface area contributed by atoms with Crippen LogP contribution in [0.1, 0.15) is 5.56 Å². The van der Waals surface area contributed by atoms with Gasteiger partial charge in [0.05, 0.1) is 5.02 Å². The van der Waals surface area contributed by atoms with E-state index < -0.39 is 5.82 Å². The molecule has 82 valence electrons. The number of nitrogens with two attached hydrogens (primary N) is 1. The second-order valence-electron chi connectivity index (χ2n) is 3.55. The molecule has 0 saturated carbocycles. The van der Waals surface area contributed by atoms with Crippen LogP contribution in [0.15, 0.2) is 30.5 Å². The molecule has 1 heterocycles. The summed E-state index contributed by atoms with van der Waals surface area (Å²) in [7, 11) is 0. The number of benzene rings is 1. The molecule has 0 aliphatic carbocycles. The number of nitrogens with zero attached hydrogens (tertiary/aromatic N) is 1. The fourth-order valence-corrected chi connectivity index (χ4v) is 1.72. The van der Waals surface area contributed by atoms with Crippen molar-refractivity contribution in [1.29, 1.82) is 0 Å². The SMILES string of the molecule is Cc1cc(N)ncc1-c1ccc(F)c(Cl)c1. The molecule has 0 bridgehead atoms. The highest BCUT2D eigenvalue weighted by Gasteiger charge is 2.06. The molecule has 1 aromatic heterocycles.